The lowest BCUT2D eigenvalue weighted by atomic mass is 10.2. The summed E-state index contributed by atoms with van der Waals surface area (Å²) in [5.74, 6) is 1.76. The van der Waals surface area contributed by atoms with Crippen molar-refractivity contribution in [1.29, 1.82) is 0 Å². The maximum atomic E-state index is 13.6. The van der Waals surface area contributed by atoms with Crippen LogP contribution in [0.3, 0.4) is 0 Å². The van der Waals surface area contributed by atoms with E-state index in [4.69, 9.17) is 18.9 Å². The molecule has 0 atom stereocenters. The summed E-state index contributed by atoms with van der Waals surface area (Å²) in [7, 11) is 2.22. The van der Waals surface area contributed by atoms with Gasteiger partial charge in [-0.3, -0.25) is 0 Å². The van der Waals surface area contributed by atoms with E-state index in [-0.39, 0.29) is 9.79 Å². The minimum Gasteiger partial charge on any atom is -0.496 e. The van der Waals surface area contributed by atoms with Crippen LogP contribution in [-0.4, -0.2) is 48.7 Å². The molecule has 0 fully saturated rings. The maximum Gasteiger partial charge on any atom is 0.224 e. The SMILES string of the molecule is CO/C(=N\c1cccc(S(=O)(=O)c2cccc(/N=C(\OC)c3ccccc3OC)c2)c1)c1ccccc1OC. The molecule has 0 aromatic heterocycles. The number of ether oxygens (including phenoxy) is 4. The fourth-order valence-electron chi connectivity index (χ4n) is 3.89. The van der Waals surface area contributed by atoms with Crippen LogP contribution in [-0.2, 0) is 19.3 Å². The molecule has 4 aromatic carbocycles. The van der Waals surface area contributed by atoms with Crippen LogP contribution in [0.5, 0.6) is 11.5 Å². The molecule has 0 aliphatic heterocycles. The van der Waals surface area contributed by atoms with E-state index in [1.807, 2.05) is 36.4 Å². The van der Waals surface area contributed by atoms with Gasteiger partial charge in [-0.15, -0.1) is 0 Å². The van der Waals surface area contributed by atoms with Crippen LogP contribution < -0.4 is 9.47 Å². The van der Waals surface area contributed by atoms with E-state index in [1.165, 1.54) is 38.5 Å². The highest BCUT2D eigenvalue weighted by atomic mass is 32.2. The molecule has 9 heteroatoms. The molecule has 8 nitrogen and oxygen atoms in total. The highest BCUT2D eigenvalue weighted by Gasteiger charge is 2.20. The Labute approximate surface area is 228 Å². The number of benzene rings is 4. The van der Waals surface area contributed by atoms with E-state index < -0.39 is 9.84 Å². The van der Waals surface area contributed by atoms with Crippen molar-refractivity contribution < 1.29 is 27.4 Å². The largest absolute Gasteiger partial charge is 0.496 e. The van der Waals surface area contributed by atoms with E-state index in [1.54, 1.807) is 50.6 Å². The van der Waals surface area contributed by atoms with Crippen molar-refractivity contribution in [3.8, 4) is 11.5 Å². The van der Waals surface area contributed by atoms with Gasteiger partial charge in [-0.05, 0) is 60.7 Å². The van der Waals surface area contributed by atoms with E-state index in [0.29, 0.717) is 45.8 Å². The van der Waals surface area contributed by atoms with Gasteiger partial charge < -0.3 is 18.9 Å². The second kappa shape index (κ2) is 12.3. The molecule has 4 rings (SSSR count). The van der Waals surface area contributed by atoms with Gasteiger partial charge in [0.25, 0.3) is 0 Å². The minimum absolute atomic E-state index is 0.0806. The van der Waals surface area contributed by atoms with Crippen LogP contribution in [0.1, 0.15) is 11.1 Å². The first-order valence-corrected chi connectivity index (χ1v) is 13.4. The fourth-order valence-corrected chi connectivity index (χ4v) is 5.22. The second-order valence-electron chi connectivity index (χ2n) is 8.14. The molecule has 0 saturated carbocycles. The average Bonchev–Trinajstić information content (AvgIpc) is 2.99. The van der Waals surface area contributed by atoms with Crippen LogP contribution >= 0.6 is 0 Å². The van der Waals surface area contributed by atoms with Gasteiger partial charge in [-0.1, -0.05) is 36.4 Å². The van der Waals surface area contributed by atoms with E-state index in [0.717, 1.165) is 0 Å². The zero-order valence-electron chi connectivity index (χ0n) is 22.0. The number of methoxy groups -OCH3 is 4. The summed E-state index contributed by atoms with van der Waals surface area (Å²) in [5.41, 5.74) is 2.10. The summed E-state index contributed by atoms with van der Waals surface area (Å²) in [6, 6.07) is 27.3. The van der Waals surface area contributed by atoms with E-state index in [9.17, 15) is 8.42 Å². The predicted molar refractivity (Wildman–Crippen MR) is 151 cm³/mol. The molecule has 0 heterocycles. The third-order valence-electron chi connectivity index (χ3n) is 5.78. The van der Waals surface area contributed by atoms with Gasteiger partial charge in [0.1, 0.15) is 11.5 Å². The molecule has 0 spiro atoms. The Kier molecular flexibility index (Phi) is 8.63. The Morgan fingerprint density at radius 1 is 0.564 bits per heavy atom. The van der Waals surface area contributed by atoms with Gasteiger partial charge in [0, 0.05) is 0 Å². The molecule has 0 saturated heterocycles. The van der Waals surface area contributed by atoms with Crippen LogP contribution in [0.4, 0.5) is 11.4 Å². The summed E-state index contributed by atoms with van der Waals surface area (Å²) < 4.78 is 49.0. The molecular weight excluding hydrogens is 516 g/mol. The molecule has 0 unspecified atom stereocenters. The number of hydrogen-bond donors (Lipinski definition) is 0. The molecular formula is C30H28N2O6S. The molecule has 200 valence electrons. The number of nitrogens with zero attached hydrogens (tertiary/aromatic N) is 2. The number of aliphatic imine (C=N–C) groups is 2. The first kappa shape index (κ1) is 27.4. The molecule has 0 bridgehead atoms. The predicted octanol–water partition coefficient (Wildman–Crippen LogP) is 5.99. The van der Waals surface area contributed by atoms with Crippen LogP contribution in [0, 0.1) is 0 Å². The first-order chi connectivity index (χ1) is 18.9. The highest BCUT2D eigenvalue weighted by Crippen LogP contribution is 2.29. The van der Waals surface area contributed by atoms with Crippen LogP contribution in [0.25, 0.3) is 0 Å². The van der Waals surface area contributed by atoms with Crippen molar-refractivity contribution in [2.75, 3.05) is 28.4 Å². The molecule has 0 aliphatic carbocycles. The van der Waals surface area contributed by atoms with Gasteiger partial charge in [0.05, 0.1) is 60.7 Å². The van der Waals surface area contributed by atoms with Gasteiger partial charge >= 0.3 is 0 Å². The first-order valence-electron chi connectivity index (χ1n) is 11.9. The Morgan fingerprint density at radius 3 is 1.36 bits per heavy atom. The quantitative estimate of drug-likeness (QED) is 0.200. The molecule has 0 radical (unpaired) electrons. The lowest BCUT2D eigenvalue weighted by Gasteiger charge is -2.11. The average molecular weight is 545 g/mol. The van der Waals surface area contributed by atoms with Gasteiger partial charge in [0.15, 0.2) is 0 Å². The number of para-hydroxylation sites is 2. The highest BCUT2D eigenvalue weighted by molar-refractivity contribution is 7.91. The molecule has 4 aromatic rings. The Balaban J connectivity index is 1.70. The Morgan fingerprint density at radius 2 is 0.974 bits per heavy atom. The smallest absolute Gasteiger partial charge is 0.224 e. The summed E-state index contributed by atoms with van der Waals surface area (Å²) in [6.07, 6.45) is 0. The topological polar surface area (TPSA) is 95.8 Å². The fraction of sp³-hybridized carbons (Fsp3) is 0.133. The third-order valence-corrected chi connectivity index (χ3v) is 7.53. The van der Waals surface area contributed by atoms with Gasteiger partial charge in [-0.2, -0.15) is 0 Å². The van der Waals surface area contributed by atoms with Crippen molar-refractivity contribution in [2.45, 2.75) is 9.79 Å². The lowest BCUT2D eigenvalue weighted by Crippen LogP contribution is -2.06. The number of hydrogen-bond acceptors (Lipinski definition) is 8. The van der Waals surface area contributed by atoms with E-state index in [2.05, 4.69) is 9.98 Å². The second-order valence-corrected chi connectivity index (χ2v) is 10.1. The maximum absolute atomic E-state index is 13.6. The van der Waals surface area contributed by atoms with Gasteiger partial charge in [-0.25, -0.2) is 18.4 Å². The van der Waals surface area contributed by atoms with E-state index >= 15 is 0 Å². The normalized spacial score (nSPS) is 12.1. The van der Waals surface area contributed by atoms with Crippen molar-refractivity contribution in [3.63, 3.8) is 0 Å². The lowest BCUT2D eigenvalue weighted by molar-refractivity contribution is 0.390. The molecule has 0 amide bonds. The zero-order valence-corrected chi connectivity index (χ0v) is 22.8. The Bertz CT molecular complexity index is 1520. The summed E-state index contributed by atoms with van der Waals surface area (Å²) >= 11 is 0. The van der Waals surface area contributed by atoms with Crippen LogP contribution in [0.2, 0.25) is 0 Å². The molecule has 0 aliphatic rings. The summed E-state index contributed by atoms with van der Waals surface area (Å²) in [4.78, 5) is 9.24. The molecule has 39 heavy (non-hydrogen) atoms. The summed E-state index contributed by atoms with van der Waals surface area (Å²) in [5, 5.41) is 0. The zero-order chi connectivity index (χ0) is 27.8. The van der Waals surface area contributed by atoms with Crippen LogP contribution in [0.15, 0.2) is 117 Å². The standard InChI is InChI=1S/C30H28N2O6S/c1-35-27-17-7-5-15-25(27)29(37-3)31-21-11-9-13-23(19-21)39(33,34)24-14-10-12-22(20-24)32-30(38-4)26-16-6-8-18-28(26)36-2/h5-20H,1-4H3/b31-29-,32-30-. The summed E-state index contributed by atoms with van der Waals surface area (Å²) in [6.45, 7) is 0. The monoisotopic (exact) mass is 544 g/mol. The van der Waals surface area contributed by atoms with Crippen molar-refractivity contribution >= 4 is 33.0 Å². The Hall–Kier alpha value is -4.63. The van der Waals surface area contributed by atoms with Gasteiger partial charge in [0.2, 0.25) is 21.6 Å². The number of sulfone groups is 1. The van der Waals surface area contributed by atoms with Crippen molar-refractivity contribution in [3.05, 3.63) is 108 Å². The van der Waals surface area contributed by atoms with Crippen molar-refractivity contribution in [2.24, 2.45) is 9.98 Å². The molecule has 0 N–H and O–H groups in total. The van der Waals surface area contributed by atoms with Crippen molar-refractivity contribution in [1.82, 2.24) is 0 Å². The minimum atomic E-state index is -3.89. The third kappa shape index (κ3) is 6.10. The number of rotatable bonds is 8.